The van der Waals surface area contributed by atoms with Crippen molar-refractivity contribution in [3.05, 3.63) is 58.3 Å². The van der Waals surface area contributed by atoms with Crippen LogP contribution in [-0.4, -0.2) is 15.8 Å². The number of benzene rings is 1. The Morgan fingerprint density at radius 1 is 1.19 bits per heavy atom. The van der Waals surface area contributed by atoms with Gasteiger partial charge in [0.25, 0.3) is 0 Å². The van der Waals surface area contributed by atoms with Crippen LogP contribution in [0, 0.1) is 32.1 Å². The normalized spacial score (nSPS) is 12.0. The molecule has 1 atom stereocenters. The maximum atomic E-state index is 10.2. The van der Waals surface area contributed by atoms with Crippen LogP contribution in [-0.2, 0) is 0 Å². The minimum Gasteiger partial charge on any atom is -0.388 e. The largest absolute Gasteiger partial charge is 0.388 e. The number of aliphatic hydroxyl groups is 1. The smallest absolute Gasteiger partial charge is 0.114 e. The van der Waals surface area contributed by atoms with Crippen LogP contribution in [0.1, 0.15) is 34.1 Å². The van der Waals surface area contributed by atoms with Crippen molar-refractivity contribution in [2.45, 2.75) is 31.9 Å². The zero-order valence-electron chi connectivity index (χ0n) is 12.4. The molecule has 1 aromatic carbocycles. The molecule has 0 aliphatic rings. The third-order valence-corrected chi connectivity index (χ3v) is 4.69. The Balaban J connectivity index is 2.19. The van der Waals surface area contributed by atoms with Gasteiger partial charge in [-0.25, -0.2) is 4.98 Å². The molecule has 0 saturated heterocycles. The van der Waals surface area contributed by atoms with Crippen LogP contribution in [0.25, 0.3) is 0 Å². The summed E-state index contributed by atoms with van der Waals surface area (Å²) in [5.41, 5.74) is 4.46. The lowest BCUT2D eigenvalue weighted by Gasteiger charge is -2.13. The Kier molecular flexibility index (Phi) is 5.00. The summed E-state index contributed by atoms with van der Waals surface area (Å²) in [5, 5.41) is 20.2. The molecule has 21 heavy (non-hydrogen) atoms. The molecule has 1 unspecified atom stereocenters. The second kappa shape index (κ2) is 6.75. The van der Waals surface area contributed by atoms with Crippen LogP contribution in [0.4, 0.5) is 0 Å². The third kappa shape index (κ3) is 3.44. The Labute approximate surface area is 129 Å². The monoisotopic (exact) mass is 298 g/mol. The Morgan fingerprint density at radius 3 is 2.48 bits per heavy atom. The molecule has 1 aromatic heterocycles. The first-order chi connectivity index (χ1) is 10.0. The van der Waals surface area contributed by atoms with Crippen LogP contribution >= 0.6 is 11.8 Å². The number of aryl methyl sites for hydroxylation is 1. The first-order valence-corrected chi connectivity index (χ1v) is 7.77. The van der Waals surface area contributed by atoms with E-state index in [2.05, 4.69) is 11.1 Å². The molecule has 0 bridgehead atoms. The Bertz CT molecular complexity index is 677. The molecule has 0 spiro atoms. The summed E-state index contributed by atoms with van der Waals surface area (Å²) in [4.78, 5) is 4.50. The zero-order valence-corrected chi connectivity index (χ0v) is 13.2. The molecule has 2 aromatic rings. The molecule has 0 saturated carbocycles. The van der Waals surface area contributed by atoms with Crippen molar-refractivity contribution < 1.29 is 5.11 Å². The van der Waals surface area contributed by atoms with Gasteiger partial charge in [0.15, 0.2) is 0 Å². The lowest BCUT2D eigenvalue weighted by atomic mass is 10.1. The summed E-state index contributed by atoms with van der Waals surface area (Å²) < 4.78 is 0. The predicted molar refractivity (Wildman–Crippen MR) is 85.3 cm³/mol. The Morgan fingerprint density at radius 2 is 1.86 bits per heavy atom. The fourth-order valence-electron chi connectivity index (χ4n) is 2.08. The maximum absolute atomic E-state index is 10.2. The number of hydrogen-bond acceptors (Lipinski definition) is 4. The maximum Gasteiger partial charge on any atom is 0.114 e. The molecule has 1 heterocycles. The summed E-state index contributed by atoms with van der Waals surface area (Å²) in [6, 6.07) is 11.8. The summed E-state index contributed by atoms with van der Waals surface area (Å²) in [6.07, 6.45) is -0.563. The number of thioether (sulfide) groups is 1. The highest BCUT2D eigenvalue weighted by atomic mass is 32.2. The van der Waals surface area contributed by atoms with Gasteiger partial charge < -0.3 is 5.11 Å². The number of rotatable bonds is 4. The number of nitriles is 1. The van der Waals surface area contributed by atoms with E-state index in [0.717, 1.165) is 22.4 Å². The molecule has 0 amide bonds. The number of aliphatic hydroxyl groups excluding tert-OH is 1. The van der Waals surface area contributed by atoms with E-state index in [0.29, 0.717) is 16.3 Å². The van der Waals surface area contributed by atoms with Crippen LogP contribution < -0.4 is 0 Å². The van der Waals surface area contributed by atoms with E-state index in [9.17, 15) is 10.4 Å². The van der Waals surface area contributed by atoms with Gasteiger partial charge in [-0.05, 0) is 37.5 Å². The van der Waals surface area contributed by atoms with E-state index in [1.807, 2.05) is 51.1 Å². The molecule has 0 radical (unpaired) electrons. The van der Waals surface area contributed by atoms with Gasteiger partial charge in [-0.15, -0.1) is 11.8 Å². The van der Waals surface area contributed by atoms with Crippen molar-refractivity contribution in [1.29, 1.82) is 5.26 Å². The van der Waals surface area contributed by atoms with Gasteiger partial charge in [-0.3, -0.25) is 0 Å². The van der Waals surface area contributed by atoms with Gasteiger partial charge in [0.05, 0.1) is 11.7 Å². The van der Waals surface area contributed by atoms with Crippen molar-refractivity contribution in [2.24, 2.45) is 0 Å². The molecule has 2 rings (SSSR count). The molecule has 0 fully saturated rings. The molecule has 0 aliphatic carbocycles. The van der Waals surface area contributed by atoms with Crippen LogP contribution in [0.15, 0.2) is 35.4 Å². The van der Waals surface area contributed by atoms with Gasteiger partial charge in [-0.1, -0.05) is 30.3 Å². The zero-order chi connectivity index (χ0) is 15.4. The summed E-state index contributed by atoms with van der Waals surface area (Å²) in [5.74, 6) is 0.480. The van der Waals surface area contributed by atoms with Crippen molar-refractivity contribution in [3.8, 4) is 6.07 Å². The first-order valence-electron chi connectivity index (χ1n) is 6.78. The highest BCUT2D eigenvalue weighted by molar-refractivity contribution is 7.99. The molecule has 0 aliphatic heterocycles. The Hall–Kier alpha value is -1.83. The quantitative estimate of drug-likeness (QED) is 0.874. The van der Waals surface area contributed by atoms with Gasteiger partial charge in [0, 0.05) is 11.4 Å². The van der Waals surface area contributed by atoms with Gasteiger partial charge in [0.1, 0.15) is 11.1 Å². The highest BCUT2D eigenvalue weighted by Crippen LogP contribution is 2.29. The number of aromatic nitrogens is 1. The molecular formula is C17H18N2OS. The summed E-state index contributed by atoms with van der Waals surface area (Å²) in [6.45, 7) is 5.87. The van der Waals surface area contributed by atoms with Gasteiger partial charge >= 0.3 is 0 Å². The summed E-state index contributed by atoms with van der Waals surface area (Å²) >= 11 is 1.43. The minimum absolute atomic E-state index is 0.480. The third-order valence-electron chi connectivity index (χ3n) is 3.64. The molecule has 3 nitrogen and oxygen atoms in total. The van der Waals surface area contributed by atoms with E-state index in [1.54, 1.807) is 0 Å². The predicted octanol–water partition coefficient (Wildman–Crippen LogP) is 3.70. The van der Waals surface area contributed by atoms with Crippen LogP contribution in [0.2, 0.25) is 0 Å². The average Bonchev–Trinajstić information content (AvgIpc) is 2.51. The van der Waals surface area contributed by atoms with E-state index in [-0.39, 0.29) is 0 Å². The van der Waals surface area contributed by atoms with Crippen molar-refractivity contribution in [1.82, 2.24) is 4.98 Å². The van der Waals surface area contributed by atoms with Crippen molar-refractivity contribution in [2.75, 3.05) is 5.75 Å². The standard InChI is InChI=1S/C17H18N2OS/c1-11-12(2)15(9-18)17(19-13(11)3)21-10-16(20)14-7-5-4-6-8-14/h4-8,16,20H,10H2,1-3H3. The summed E-state index contributed by atoms with van der Waals surface area (Å²) in [7, 11) is 0. The number of hydrogen-bond donors (Lipinski definition) is 1. The van der Waals surface area contributed by atoms with Crippen molar-refractivity contribution in [3.63, 3.8) is 0 Å². The second-order valence-electron chi connectivity index (χ2n) is 4.98. The van der Waals surface area contributed by atoms with Crippen LogP contribution in [0.3, 0.4) is 0 Å². The van der Waals surface area contributed by atoms with Crippen LogP contribution in [0.5, 0.6) is 0 Å². The SMILES string of the molecule is Cc1nc(SCC(O)c2ccccc2)c(C#N)c(C)c1C. The first kappa shape index (κ1) is 15.6. The van der Waals surface area contributed by atoms with Crippen molar-refractivity contribution >= 4 is 11.8 Å². The molecular weight excluding hydrogens is 280 g/mol. The highest BCUT2D eigenvalue weighted by Gasteiger charge is 2.15. The second-order valence-corrected chi connectivity index (χ2v) is 5.99. The van der Waals surface area contributed by atoms with E-state index in [4.69, 9.17) is 0 Å². The fourth-order valence-corrected chi connectivity index (χ4v) is 3.13. The lowest BCUT2D eigenvalue weighted by molar-refractivity contribution is 0.204. The van der Waals surface area contributed by atoms with E-state index < -0.39 is 6.10 Å². The molecule has 4 heteroatoms. The topological polar surface area (TPSA) is 56.9 Å². The van der Waals surface area contributed by atoms with Gasteiger partial charge in [-0.2, -0.15) is 5.26 Å². The molecule has 108 valence electrons. The van der Waals surface area contributed by atoms with E-state index >= 15 is 0 Å². The fraction of sp³-hybridized carbons (Fsp3) is 0.294. The molecule has 1 N–H and O–H groups in total. The minimum atomic E-state index is -0.563. The van der Waals surface area contributed by atoms with E-state index in [1.165, 1.54) is 11.8 Å². The lowest BCUT2D eigenvalue weighted by Crippen LogP contribution is -2.03. The average molecular weight is 298 g/mol. The number of nitrogens with zero attached hydrogens (tertiary/aromatic N) is 2. The van der Waals surface area contributed by atoms with Gasteiger partial charge in [0.2, 0.25) is 0 Å². The number of pyridine rings is 1.